The molecule has 0 radical (unpaired) electrons. The Bertz CT molecular complexity index is 1140. The van der Waals surface area contributed by atoms with E-state index in [0.717, 1.165) is 16.0 Å². The maximum Gasteiger partial charge on any atom is 0.325 e. The Balaban J connectivity index is 1.21. The third-order valence-electron chi connectivity index (χ3n) is 7.09. The van der Waals surface area contributed by atoms with Crippen LogP contribution in [-0.2, 0) is 21.5 Å². The van der Waals surface area contributed by atoms with E-state index in [-0.39, 0.29) is 35.8 Å². The molecular weight excluding hydrogens is 422 g/mol. The van der Waals surface area contributed by atoms with Gasteiger partial charge >= 0.3 is 6.03 Å². The van der Waals surface area contributed by atoms with E-state index in [2.05, 4.69) is 5.32 Å². The largest absolute Gasteiger partial charge is 0.508 e. The summed E-state index contributed by atoms with van der Waals surface area (Å²) in [6.07, 6.45) is 2.23. The Morgan fingerprint density at radius 3 is 2.45 bits per heavy atom. The standard InChI is InChI=1S/C25H25N3O5/c29-19-7-5-17(6-8-19)22(31)18-10-13-27(14-11-18)21(30)15-28-23(32)25(26-24(28)33)12-9-16-3-1-2-4-20(16)25/h1-8,18,29H,9-15H2,(H,26,33). The van der Waals surface area contributed by atoms with Crippen LogP contribution in [0.25, 0.3) is 0 Å². The number of hydrogen-bond acceptors (Lipinski definition) is 5. The van der Waals surface area contributed by atoms with Crippen LogP contribution in [0.4, 0.5) is 4.79 Å². The molecule has 0 aromatic heterocycles. The summed E-state index contributed by atoms with van der Waals surface area (Å²) in [5, 5.41) is 12.2. The van der Waals surface area contributed by atoms with Gasteiger partial charge in [-0.1, -0.05) is 24.3 Å². The highest BCUT2D eigenvalue weighted by Crippen LogP contribution is 2.41. The van der Waals surface area contributed by atoms with Gasteiger partial charge in [-0.15, -0.1) is 0 Å². The Hall–Kier alpha value is -3.68. The number of urea groups is 1. The van der Waals surface area contributed by atoms with Gasteiger partial charge < -0.3 is 15.3 Å². The van der Waals surface area contributed by atoms with Crippen molar-refractivity contribution in [1.82, 2.24) is 15.1 Å². The Morgan fingerprint density at radius 2 is 1.73 bits per heavy atom. The second-order valence-corrected chi connectivity index (χ2v) is 8.95. The summed E-state index contributed by atoms with van der Waals surface area (Å²) < 4.78 is 0. The lowest BCUT2D eigenvalue weighted by Crippen LogP contribution is -2.47. The van der Waals surface area contributed by atoms with E-state index in [0.29, 0.717) is 44.3 Å². The highest BCUT2D eigenvalue weighted by molar-refractivity contribution is 6.10. The van der Waals surface area contributed by atoms with E-state index in [4.69, 9.17) is 0 Å². The van der Waals surface area contributed by atoms with Gasteiger partial charge in [-0.25, -0.2) is 4.79 Å². The number of rotatable bonds is 4. The fourth-order valence-electron chi connectivity index (χ4n) is 5.22. The molecule has 3 aliphatic rings. The average Bonchev–Trinajstić information content (AvgIpc) is 3.32. The quantitative estimate of drug-likeness (QED) is 0.552. The third kappa shape index (κ3) is 3.55. The van der Waals surface area contributed by atoms with Crippen LogP contribution in [0.1, 0.15) is 40.7 Å². The maximum absolute atomic E-state index is 13.3. The maximum atomic E-state index is 13.3. The van der Waals surface area contributed by atoms with Crippen LogP contribution in [0.5, 0.6) is 5.75 Å². The molecule has 1 spiro atoms. The van der Waals surface area contributed by atoms with Crippen molar-refractivity contribution in [1.29, 1.82) is 0 Å². The van der Waals surface area contributed by atoms with Gasteiger partial charge in [-0.05, 0) is 61.1 Å². The topological polar surface area (TPSA) is 107 Å². The number of piperidine rings is 1. The molecule has 0 bridgehead atoms. The molecule has 1 aliphatic carbocycles. The fraction of sp³-hybridized carbons (Fsp3) is 0.360. The van der Waals surface area contributed by atoms with E-state index in [1.54, 1.807) is 17.0 Å². The Kier molecular flexibility index (Phi) is 5.15. The average molecular weight is 447 g/mol. The van der Waals surface area contributed by atoms with E-state index in [1.807, 2.05) is 24.3 Å². The molecule has 4 amide bonds. The molecule has 8 nitrogen and oxygen atoms in total. The van der Waals surface area contributed by atoms with Crippen LogP contribution in [0.15, 0.2) is 48.5 Å². The van der Waals surface area contributed by atoms with Crippen molar-refractivity contribution in [3.8, 4) is 5.75 Å². The minimum absolute atomic E-state index is 0.00182. The molecule has 2 aliphatic heterocycles. The number of nitrogens with zero attached hydrogens (tertiary/aromatic N) is 2. The van der Waals surface area contributed by atoms with E-state index in [9.17, 15) is 24.3 Å². The van der Waals surface area contributed by atoms with Gasteiger partial charge in [0.1, 0.15) is 17.8 Å². The summed E-state index contributed by atoms with van der Waals surface area (Å²) >= 11 is 0. The van der Waals surface area contributed by atoms with Gasteiger partial charge in [0.25, 0.3) is 5.91 Å². The number of aryl methyl sites for hydroxylation is 1. The van der Waals surface area contributed by atoms with Crippen molar-refractivity contribution in [2.45, 2.75) is 31.2 Å². The first kappa shape index (κ1) is 21.2. The Morgan fingerprint density at radius 1 is 1.03 bits per heavy atom. The first-order valence-corrected chi connectivity index (χ1v) is 11.2. The van der Waals surface area contributed by atoms with Crippen LogP contribution in [0.3, 0.4) is 0 Å². The fourth-order valence-corrected chi connectivity index (χ4v) is 5.22. The molecule has 8 heteroatoms. The number of imide groups is 1. The SMILES string of the molecule is O=C(c1ccc(O)cc1)C1CCN(C(=O)CN2C(=O)NC3(CCc4ccccc43)C2=O)CC1. The molecule has 5 rings (SSSR count). The number of benzene rings is 2. The number of carbonyl (C=O) groups excluding carboxylic acids is 4. The first-order valence-electron chi connectivity index (χ1n) is 11.2. The molecule has 2 saturated heterocycles. The second-order valence-electron chi connectivity index (χ2n) is 8.95. The van der Waals surface area contributed by atoms with Crippen LogP contribution in [-0.4, -0.2) is 58.2 Å². The molecule has 2 heterocycles. The zero-order valence-electron chi connectivity index (χ0n) is 18.1. The zero-order chi connectivity index (χ0) is 23.2. The lowest BCUT2D eigenvalue weighted by atomic mass is 9.89. The summed E-state index contributed by atoms with van der Waals surface area (Å²) in [5.41, 5.74) is 1.32. The molecule has 170 valence electrons. The van der Waals surface area contributed by atoms with Crippen LogP contribution in [0, 0.1) is 5.92 Å². The van der Waals surface area contributed by atoms with Crippen molar-refractivity contribution in [2.24, 2.45) is 5.92 Å². The number of Topliss-reactive ketones (excluding diaryl/α,β-unsaturated/α-hetero) is 1. The minimum Gasteiger partial charge on any atom is -0.508 e. The van der Waals surface area contributed by atoms with Crippen molar-refractivity contribution in [3.63, 3.8) is 0 Å². The van der Waals surface area contributed by atoms with Gasteiger partial charge in [0.15, 0.2) is 5.78 Å². The van der Waals surface area contributed by atoms with Crippen molar-refractivity contribution >= 4 is 23.6 Å². The van der Waals surface area contributed by atoms with Gasteiger partial charge in [0, 0.05) is 24.6 Å². The number of ketones is 1. The van der Waals surface area contributed by atoms with E-state index in [1.165, 1.54) is 12.1 Å². The molecule has 1 unspecified atom stereocenters. The third-order valence-corrected chi connectivity index (χ3v) is 7.09. The molecule has 2 aromatic carbocycles. The number of carbonyl (C=O) groups is 4. The molecule has 1 atom stereocenters. The van der Waals surface area contributed by atoms with E-state index >= 15 is 0 Å². The predicted molar refractivity (Wildman–Crippen MR) is 118 cm³/mol. The van der Waals surface area contributed by atoms with Crippen LogP contribution < -0.4 is 5.32 Å². The smallest absolute Gasteiger partial charge is 0.325 e. The van der Waals surface area contributed by atoms with Gasteiger partial charge in [-0.2, -0.15) is 0 Å². The number of likely N-dealkylation sites (tertiary alicyclic amines) is 1. The molecule has 2 aromatic rings. The van der Waals surface area contributed by atoms with Crippen molar-refractivity contribution in [3.05, 3.63) is 65.2 Å². The summed E-state index contributed by atoms with van der Waals surface area (Å²) in [5.74, 6) is -0.762. The first-order chi connectivity index (χ1) is 15.9. The lowest BCUT2D eigenvalue weighted by Gasteiger charge is -2.32. The van der Waals surface area contributed by atoms with Gasteiger partial charge in [0.2, 0.25) is 5.91 Å². The highest BCUT2D eigenvalue weighted by Gasteiger charge is 2.55. The summed E-state index contributed by atoms with van der Waals surface area (Å²) in [6.45, 7) is 0.487. The lowest BCUT2D eigenvalue weighted by molar-refractivity contribution is -0.139. The number of fused-ring (bicyclic) bond motifs is 2. The van der Waals surface area contributed by atoms with Crippen LogP contribution >= 0.6 is 0 Å². The summed E-state index contributed by atoms with van der Waals surface area (Å²) in [6, 6.07) is 13.2. The predicted octanol–water partition coefficient (Wildman–Crippen LogP) is 2.21. The van der Waals surface area contributed by atoms with Gasteiger partial charge in [0.05, 0.1) is 0 Å². The summed E-state index contributed by atoms with van der Waals surface area (Å²) in [7, 11) is 0. The molecule has 0 saturated carbocycles. The van der Waals surface area contributed by atoms with Crippen molar-refractivity contribution < 1.29 is 24.3 Å². The Labute approximate surface area is 191 Å². The summed E-state index contributed by atoms with van der Waals surface area (Å²) in [4.78, 5) is 54.2. The second kappa shape index (κ2) is 8.03. The number of aromatic hydroxyl groups is 1. The number of amides is 4. The zero-order valence-corrected chi connectivity index (χ0v) is 18.1. The molecule has 33 heavy (non-hydrogen) atoms. The number of hydrogen-bond donors (Lipinski definition) is 2. The van der Waals surface area contributed by atoms with Crippen LogP contribution in [0.2, 0.25) is 0 Å². The number of phenols is 1. The van der Waals surface area contributed by atoms with Crippen molar-refractivity contribution in [2.75, 3.05) is 19.6 Å². The molecule has 2 N–H and O–H groups in total. The highest BCUT2D eigenvalue weighted by atomic mass is 16.3. The monoisotopic (exact) mass is 447 g/mol. The van der Waals surface area contributed by atoms with Gasteiger partial charge in [-0.3, -0.25) is 19.3 Å². The minimum atomic E-state index is -1.07. The number of nitrogens with one attached hydrogen (secondary N) is 1. The number of phenolic OH excluding ortho intramolecular Hbond substituents is 1. The van der Waals surface area contributed by atoms with E-state index < -0.39 is 11.6 Å². The molecular formula is C25H25N3O5. The molecule has 2 fully saturated rings. The normalized spacial score (nSPS) is 22.5.